The number of esters is 1. The third-order valence-corrected chi connectivity index (χ3v) is 3.73. The van der Waals surface area contributed by atoms with Crippen molar-refractivity contribution in [2.24, 2.45) is 0 Å². The van der Waals surface area contributed by atoms with Gasteiger partial charge in [0.2, 0.25) is 0 Å². The molecule has 0 aliphatic heterocycles. The number of furan rings is 1. The quantitative estimate of drug-likeness (QED) is 0.600. The summed E-state index contributed by atoms with van der Waals surface area (Å²) in [6.07, 6.45) is 1.93. The molecule has 6 heteroatoms. The molecule has 2 aromatic rings. The summed E-state index contributed by atoms with van der Waals surface area (Å²) >= 11 is 1.47. The van der Waals surface area contributed by atoms with Crippen LogP contribution in [0.5, 0.6) is 0 Å². The van der Waals surface area contributed by atoms with Gasteiger partial charge in [-0.3, -0.25) is 0 Å². The van der Waals surface area contributed by atoms with Crippen molar-refractivity contribution in [3.8, 4) is 0 Å². The fraction of sp³-hybridized carbons (Fsp3) is 0.467. The van der Waals surface area contributed by atoms with Gasteiger partial charge in [0.05, 0.1) is 6.61 Å². The van der Waals surface area contributed by atoms with E-state index in [9.17, 15) is 4.79 Å². The Bertz CT molecular complexity index is 577. The van der Waals surface area contributed by atoms with E-state index >= 15 is 0 Å². The summed E-state index contributed by atoms with van der Waals surface area (Å²) in [5.74, 6) is 1.62. The molecule has 2 aromatic heterocycles. The topological polar surface area (TPSA) is 64.4 Å². The van der Waals surface area contributed by atoms with Gasteiger partial charge in [0.1, 0.15) is 16.5 Å². The molecule has 0 aliphatic rings. The van der Waals surface area contributed by atoms with Crippen molar-refractivity contribution >= 4 is 17.3 Å². The lowest BCUT2D eigenvalue weighted by Crippen LogP contribution is -2.15. The summed E-state index contributed by atoms with van der Waals surface area (Å²) in [4.78, 5) is 15.7. The first-order valence-corrected chi connectivity index (χ1v) is 7.94. The molecule has 21 heavy (non-hydrogen) atoms. The Morgan fingerprint density at radius 3 is 3.05 bits per heavy atom. The highest BCUT2D eigenvalue weighted by Gasteiger charge is 2.11. The van der Waals surface area contributed by atoms with E-state index in [-0.39, 0.29) is 5.97 Å². The van der Waals surface area contributed by atoms with E-state index in [1.54, 1.807) is 12.3 Å². The number of nitrogens with one attached hydrogen (secondary N) is 1. The van der Waals surface area contributed by atoms with E-state index in [1.807, 2.05) is 19.1 Å². The molecule has 0 amide bonds. The van der Waals surface area contributed by atoms with E-state index in [4.69, 9.17) is 9.15 Å². The van der Waals surface area contributed by atoms with Crippen LogP contribution in [-0.4, -0.2) is 24.1 Å². The van der Waals surface area contributed by atoms with E-state index in [1.165, 1.54) is 11.3 Å². The molecule has 0 aliphatic carbocycles. The van der Waals surface area contributed by atoms with Crippen molar-refractivity contribution in [3.63, 3.8) is 0 Å². The van der Waals surface area contributed by atoms with Gasteiger partial charge in [-0.15, -0.1) is 11.3 Å². The molecule has 0 aromatic carbocycles. The molecule has 0 spiro atoms. The average Bonchev–Trinajstić information content (AvgIpc) is 3.08. The number of thiazole rings is 1. The van der Waals surface area contributed by atoms with Gasteiger partial charge in [0, 0.05) is 18.3 Å². The summed E-state index contributed by atoms with van der Waals surface area (Å²) in [6, 6.07) is 4.00. The second-order valence-electron chi connectivity index (χ2n) is 4.64. The van der Waals surface area contributed by atoms with Crippen LogP contribution in [0.25, 0.3) is 0 Å². The van der Waals surface area contributed by atoms with Gasteiger partial charge < -0.3 is 14.5 Å². The standard InChI is InChI=1S/C15H20N2O3S/c1-3-19-15(18)13-10-21-14(17-13)9-16-8-4-5-12-7-6-11(2)20-12/h6-7,10,16H,3-5,8-9H2,1-2H3. The van der Waals surface area contributed by atoms with Crippen LogP contribution in [0.15, 0.2) is 21.9 Å². The molecule has 0 fully saturated rings. The van der Waals surface area contributed by atoms with Gasteiger partial charge in [-0.1, -0.05) is 0 Å². The van der Waals surface area contributed by atoms with Crippen molar-refractivity contribution in [1.82, 2.24) is 10.3 Å². The zero-order chi connectivity index (χ0) is 15.1. The minimum Gasteiger partial charge on any atom is -0.466 e. The van der Waals surface area contributed by atoms with Crippen LogP contribution < -0.4 is 5.32 Å². The van der Waals surface area contributed by atoms with Gasteiger partial charge in [0.25, 0.3) is 0 Å². The summed E-state index contributed by atoms with van der Waals surface area (Å²) in [7, 11) is 0. The van der Waals surface area contributed by atoms with Gasteiger partial charge in [-0.25, -0.2) is 9.78 Å². The number of aromatic nitrogens is 1. The molecule has 5 nitrogen and oxygen atoms in total. The lowest BCUT2D eigenvalue weighted by molar-refractivity contribution is 0.0520. The summed E-state index contributed by atoms with van der Waals surface area (Å²) in [5.41, 5.74) is 0.393. The number of nitrogens with zero attached hydrogens (tertiary/aromatic N) is 1. The third kappa shape index (κ3) is 4.99. The molecule has 0 bridgehead atoms. The van der Waals surface area contributed by atoms with Crippen molar-refractivity contribution in [2.45, 2.75) is 33.2 Å². The Kier molecular flexibility index (Phi) is 5.95. The van der Waals surface area contributed by atoms with Gasteiger partial charge in [-0.05, 0) is 38.9 Å². The third-order valence-electron chi connectivity index (χ3n) is 2.89. The molecule has 1 N–H and O–H groups in total. The number of rotatable bonds is 8. The fourth-order valence-electron chi connectivity index (χ4n) is 1.89. The molecule has 2 heterocycles. The van der Waals surface area contributed by atoms with Crippen LogP contribution in [0.1, 0.15) is 40.4 Å². The Morgan fingerprint density at radius 2 is 2.33 bits per heavy atom. The molecule has 0 unspecified atom stereocenters. The second kappa shape index (κ2) is 7.95. The number of carbonyl (C=O) groups excluding carboxylic acids is 1. The first kappa shape index (κ1) is 15.7. The summed E-state index contributed by atoms with van der Waals surface area (Å²) < 4.78 is 10.4. The molecule has 0 atom stereocenters. The molecule has 0 saturated carbocycles. The molecule has 114 valence electrons. The molecular formula is C15H20N2O3S. The minimum atomic E-state index is -0.354. The predicted octanol–water partition coefficient (Wildman–Crippen LogP) is 2.94. The highest BCUT2D eigenvalue weighted by Crippen LogP contribution is 2.11. The van der Waals surface area contributed by atoms with Gasteiger partial charge in [0.15, 0.2) is 5.69 Å². The Hall–Kier alpha value is -1.66. The average molecular weight is 308 g/mol. The SMILES string of the molecule is CCOC(=O)c1csc(CNCCCc2ccc(C)o2)n1. The Labute approximate surface area is 128 Å². The lowest BCUT2D eigenvalue weighted by Gasteiger charge is -2.01. The lowest BCUT2D eigenvalue weighted by atomic mass is 10.2. The number of carbonyl (C=O) groups is 1. The summed E-state index contributed by atoms with van der Waals surface area (Å²) in [5, 5.41) is 5.95. The van der Waals surface area contributed by atoms with Crippen LogP contribution in [0, 0.1) is 6.92 Å². The predicted molar refractivity (Wildman–Crippen MR) is 81.5 cm³/mol. The van der Waals surface area contributed by atoms with Crippen molar-refractivity contribution in [3.05, 3.63) is 39.7 Å². The highest BCUT2D eigenvalue weighted by atomic mass is 32.1. The van der Waals surface area contributed by atoms with Crippen molar-refractivity contribution in [2.75, 3.05) is 13.2 Å². The normalized spacial score (nSPS) is 10.8. The Balaban J connectivity index is 1.65. The van der Waals surface area contributed by atoms with Gasteiger partial charge in [-0.2, -0.15) is 0 Å². The zero-order valence-corrected chi connectivity index (χ0v) is 13.2. The smallest absolute Gasteiger partial charge is 0.357 e. The maximum atomic E-state index is 11.5. The van der Waals surface area contributed by atoms with Crippen LogP contribution in [0.3, 0.4) is 0 Å². The largest absolute Gasteiger partial charge is 0.466 e. The highest BCUT2D eigenvalue weighted by molar-refractivity contribution is 7.09. The monoisotopic (exact) mass is 308 g/mol. The van der Waals surface area contributed by atoms with E-state index in [0.29, 0.717) is 18.8 Å². The van der Waals surface area contributed by atoms with Crippen LogP contribution in [0.4, 0.5) is 0 Å². The molecule has 0 radical (unpaired) electrons. The van der Waals surface area contributed by atoms with E-state index < -0.39 is 0 Å². The number of hydrogen-bond acceptors (Lipinski definition) is 6. The maximum absolute atomic E-state index is 11.5. The maximum Gasteiger partial charge on any atom is 0.357 e. The molecular weight excluding hydrogens is 288 g/mol. The van der Waals surface area contributed by atoms with E-state index in [0.717, 1.165) is 35.9 Å². The van der Waals surface area contributed by atoms with Crippen molar-refractivity contribution in [1.29, 1.82) is 0 Å². The minimum absolute atomic E-state index is 0.354. The first-order valence-electron chi connectivity index (χ1n) is 7.06. The van der Waals surface area contributed by atoms with E-state index in [2.05, 4.69) is 10.3 Å². The first-order chi connectivity index (χ1) is 10.2. The molecule has 0 saturated heterocycles. The number of ether oxygens (including phenoxy) is 1. The van der Waals surface area contributed by atoms with Crippen LogP contribution in [0.2, 0.25) is 0 Å². The molecule has 2 rings (SSSR count). The second-order valence-corrected chi connectivity index (χ2v) is 5.58. The van der Waals surface area contributed by atoms with Crippen molar-refractivity contribution < 1.29 is 13.9 Å². The number of hydrogen-bond donors (Lipinski definition) is 1. The van der Waals surface area contributed by atoms with Crippen LogP contribution in [-0.2, 0) is 17.7 Å². The van der Waals surface area contributed by atoms with Gasteiger partial charge >= 0.3 is 5.97 Å². The summed E-state index contributed by atoms with van der Waals surface area (Å²) in [6.45, 7) is 5.66. The van der Waals surface area contributed by atoms with Crippen LogP contribution >= 0.6 is 11.3 Å². The number of aryl methyl sites for hydroxylation is 2. The Morgan fingerprint density at radius 1 is 1.48 bits per heavy atom. The zero-order valence-electron chi connectivity index (χ0n) is 12.3. The fourth-order valence-corrected chi connectivity index (χ4v) is 2.63.